The lowest BCUT2D eigenvalue weighted by atomic mass is 10.0. The molecule has 1 aromatic rings. The Hall–Kier alpha value is -1.44. The van der Waals surface area contributed by atoms with E-state index in [-0.39, 0.29) is 25.9 Å². The van der Waals surface area contributed by atoms with Crippen molar-refractivity contribution in [3.8, 4) is 0 Å². The maximum atomic E-state index is 12.9. The van der Waals surface area contributed by atoms with E-state index in [4.69, 9.17) is 13.8 Å². The van der Waals surface area contributed by atoms with Gasteiger partial charge < -0.3 is 28.1 Å². The highest BCUT2D eigenvalue weighted by Crippen LogP contribution is 2.38. The summed E-state index contributed by atoms with van der Waals surface area (Å²) in [6.45, 7) is 4.34. The van der Waals surface area contributed by atoms with E-state index < -0.39 is 7.82 Å². The van der Waals surface area contributed by atoms with Gasteiger partial charge in [-0.25, -0.2) is 4.79 Å². The molecule has 0 saturated carbocycles. The van der Waals surface area contributed by atoms with Gasteiger partial charge in [0.25, 0.3) is 7.82 Å². The fourth-order valence-electron chi connectivity index (χ4n) is 5.00. The van der Waals surface area contributed by atoms with Gasteiger partial charge in [0.2, 0.25) is 0 Å². The third-order valence-corrected chi connectivity index (χ3v) is 8.83. The lowest BCUT2D eigenvalue weighted by Crippen LogP contribution is -2.37. The fourth-order valence-corrected chi connectivity index (χ4v) is 5.73. The van der Waals surface area contributed by atoms with Gasteiger partial charge in [0.1, 0.15) is 19.8 Å². The van der Waals surface area contributed by atoms with Crippen LogP contribution in [0.3, 0.4) is 0 Å². The molecule has 0 bridgehead atoms. The van der Waals surface area contributed by atoms with Gasteiger partial charge in [-0.1, -0.05) is 134 Å². The van der Waals surface area contributed by atoms with Crippen LogP contribution in [0.2, 0.25) is 0 Å². The number of unbranched alkanes of at least 4 members (excludes halogenated alkanes) is 16. The molecule has 9 heteroatoms. The summed E-state index contributed by atoms with van der Waals surface area (Å²) in [6.07, 6.45) is 21.7. The van der Waals surface area contributed by atoms with Crippen molar-refractivity contribution in [1.82, 2.24) is 4.90 Å². The van der Waals surface area contributed by atoms with Crippen molar-refractivity contribution < 1.29 is 32.5 Å². The molecular formula is C35H65N2O6P. The van der Waals surface area contributed by atoms with Crippen LogP contribution >= 0.6 is 7.82 Å². The summed E-state index contributed by atoms with van der Waals surface area (Å²) in [4.78, 5) is 26.6. The molecule has 0 aliphatic heterocycles. The maximum Gasteiger partial charge on any atom is 0.410 e. The first-order chi connectivity index (χ1) is 21.1. The Morgan fingerprint density at radius 2 is 1.16 bits per heavy atom. The first-order valence-corrected chi connectivity index (χ1v) is 19.0. The van der Waals surface area contributed by atoms with E-state index in [0.717, 1.165) is 18.4 Å². The number of nitrogens with zero attached hydrogens (tertiary/aromatic N) is 2. The van der Waals surface area contributed by atoms with E-state index >= 15 is 0 Å². The average molecular weight is 641 g/mol. The minimum Gasteiger partial charge on any atom is -0.756 e. The largest absolute Gasteiger partial charge is 0.756 e. The Kier molecular flexibility index (Phi) is 23.7. The number of rotatable bonds is 29. The Morgan fingerprint density at radius 1 is 0.705 bits per heavy atom. The van der Waals surface area contributed by atoms with E-state index in [0.29, 0.717) is 37.0 Å². The van der Waals surface area contributed by atoms with Crippen molar-refractivity contribution in [3.63, 3.8) is 0 Å². The monoisotopic (exact) mass is 640 g/mol. The summed E-state index contributed by atoms with van der Waals surface area (Å²) in [5.74, 6) is 0. The summed E-state index contributed by atoms with van der Waals surface area (Å²) in [7, 11) is 1.59. The fraction of sp³-hybridized carbons (Fsp3) is 0.800. The molecule has 0 saturated heterocycles. The molecule has 0 N–H and O–H groups in total. The molecule has 1 rings (SSSR count). The van der Waals surface area contributed by atoms with E-state index in [9.17, 15) is 14.3 Å². The van der Waals surface area contributed by atoms with E-state index in [2.05, 4.69) is 6.92 Å². The van der Waals surface area contributed by atoms with Crippen LogP contribution in [0.5, 0.6) is 0 Å². The molecule has 0 fully saturated rings. The second-order valence-electron chi connectivity index (χ2n) is 13.2. The van der Waals surface area contributed by atoms with Crippen molar-refractivity contribution in [2.45, 2.75) is 129 Å². The van der Waals surface area contributed by atoms with Crippen LogP contribution in [-0.2, 0) is 25.0 Å². The van der Waals surface area contributed by atoms with Crippen molar-refractivity contribution in [2.24, 2.45) is 0 Å². The zero-order chi connectivity index (χ0) is 32.4. The molecule has 1 aromatic carbocycles. The molecule has 0 radical (unpaired) electrons. The van der Waals surface area contributed by atoms with E-state index in [1.165, 1.54) is 89.9 Å². The molecule has 0 aliphatic rings. The molecule has 8 nitrogen and oxygen atoms in total. The number of phosphoric ester groups is 1. The topological polar surface area (TPSA) is 88.1 Å². The van der Waals surface area contributed by atoms with Crippen LogP contribution in [-0.4, -0.2) is 69.5 Å². The lowest BCUT2D eigenvalue weighted by Gasteiger charge is -2.27. The smallest absolute Gasteiger partial charge is 0.410 e. The van der Waals surface area contributed by atoms with Gasteiger partial charge in [-0.3, -0.25) is 4.57 Å². The average Bonchev–Trinajstić information content (AvgIpc) is 2.98. The van der Waals surface area contributed by atoms with Crippen molar-refractivity contribution in [2.75, 3.05) is 54.0 Å². The Bertz CT molecular complexity index is 865. The molecular weight excluding hydrogens is 575 g/mol. The van der Waals surface area contributed by atoms with Gasteiger partial charge in [0, 0.05) is 13.1 Å². The number of quaternary nitrogens is 1. The number of ether oxygens (including phenoxy) is 1. The van der Waals surface area contributed by atoms with Gasteiger partial charge in [0.05, 0.1) is 27.7 Å². The van der Waals surface area contributed by atoms with Crippen LogP contribution < -0.4 is 4.89 Å². The van der Waals surface area contributed by atoms with Gasteiger partial charge >= 0.3 is 6.09 Å². The lowest BCUT2D eigenvalue weighted by molar-refractivity contribution is -0.870. The van der Waals surface area contributed by atoms with Crippen LogP contribution in [0.15, 0.2) is 30.3 Å². The summed E-state index contributed by atoms with van der Waals surface area (Å²) >= 11 is 0. The second-order valence-corrected chi connectivity index (χ2v) is 14.6. The first kappa shape index (κ1) is 40.6. The van der Waals surface area contributed by atoms with Crippen LogP contribution in [0, 0.1) is 0 Å². The molecule has 256 valence electrons. The van der Waals surface area contributed by atoms with Gasteiger partial charge in [0.15, 0.2) is 0 Å². The summed E-state index contributed by atoms with van der Waals surface area (Å²) < 4.78 is 28.2. The van der Waals surface area contributed by atoms with Crippen LogP contribution in [0.1, 0.15) is 128 Å². The van der Waals surface area contributed by atoms with E-state index in [1.54, 1.807) is 4.90 Å². The quantitative estimate of drug-likeness (QED) is 0.0494. The minimum atomic E-state index is -4.32. The van der Waals surface area contributed by atoms with Gasteiger partial charge in [-0.15, -0.1) is 0 Å². The van der Waals surface area contributed by atoms with Gasteiger partial charge in [-0.05, 0) is 24.8 Å². The molecule has 44 heavy (non-hydrogen) atoms. The first-order valence-electron chi connectivity index (χ1n) is 17.5. The SMILES string of the molecule is CCCCCCCCCCCCCCCCCCN(CCCCOP(=O)([O-])OCC[N+](C)(C)C)C(=O)OCc1ccccc1. The number of likely N-dealkylation sites (N-methyl/N-ethyl adjacent to an activating group) is 1. The highest BCUT2D eigenvalue weighted by Gasteiger charge is 2.16. The molecule has 0 aliphatic carbocycles. The van der Waals surface area contributed by atoms with Gasteiger partial charge in [-0.2, -0.15) is 0 Å². The molecule has 0 aromatic heterocycles. The molecule has 1 amide bonds. The number of benzene rings is 1. The highest BCUT2D eigenvalue weighted by molar-refractivity contribution is 7.45. The van der Waals surface area contributed by atoms with Crippen molar-refractivity contribution >= 4 is 13.9 Å². The highest BCUT2D eigenvalue weighted by atomic mass is 31.2. The number of hydrogen-bond donors (Lipinski definition) is 0. The minimum absolute atomic E-state index is 0.0388. The summed E-state index contributed by atoms with van der Waals surface area (Å²) in [6, 6.07) is 9.67. The normalized spacial score (nSPS) is 13.1. The summed E-state index contributed by atoms with van der Waals surface area (Å²) in [5, 5.41) is 0. The number of hydrogen-bond acceptors (Lipinski definition) is 6. The van der Waals surface area contributed by atoms with Crippen LogP contribution in [0.4, 0.5) is 4.79 Å². The zero-order valence-corrected chi connectivity index (χ0v) is 29.5. The number of phosphoric acid groups is 1. The predicted molar refractivity (Wildman–Crippen MR) is 179 cm³/mol. The molecule has 1 atom stereocenters. The standard InChI is InChI=1S/C35H65N2O6P/c1-5-6-7-8-9-10-11-12-13-14-15-16-17-18-19-23-28-36(35(38)41-33-34-26-21-20-22-27-34)29-24-25-31-42-44(39,40)43-32-30-37(2,3)4/h20-22,26-27H,5-19,23-25,28-33H2,1-4H3. The predicted octanol–water partition coefficient (Wildman–Crippen LogP) is 8.87. The summed E-state index contributed by atoms with van der Waals surface area (Å²) in [5.41, 5.74) is 0.952. The number of carbonyl (C=O) groups is 1. The third kappa shape index (κ3) is 24.8. The molecule has 1 unspecified atom stereocenters. The van der Waals surface area contributed by atoms with Crippen molar-refractivity contribution in [1.29, 1.82) is 0 Å². The third-order valence-electron chi connectivity index (χ3n) is 7.83. The molecule has 0 spiro atoms. The van der Waals surface area contributed by atoms with Crippen LogP contribution in [0.25, 0.3) is 0 Å². The van der Waals surface area contributed by atoms with Crippen molar-refractivity contribution in [3.05, 3.63) is 35.9 Å². The molecule has 0 heterocycles. The zero-order valence-electron chi connectivity index (χ0n) is 28.6. The Balaban J connectivity index is 2.24. The van der Waals surface area contributed by atoms with E-state index in [1.807, 2.05) is 51.5 Å². The number of carbonyl (C=O) groups excluding carboxylic acids is 1. The maximum absolute atomic E-state index is 12.9. The second kappa shape index (κ2) is 25.7. The Morgan fingerprint density at radius 3 is 1.66 bits per heavy atom. The number of amides is 1. The Labute approximate surface area is 270 Å².